The van der Waals surface area contributed by atoms with Crippen LogP contribution in [0.5, 0.6) is 11.5 Å². The first-order valence-electron chi connectivity index (χ1n) is 11.2. The van der Waals surface area contributed by atoms with Crippen LogP contribution in [0.15, 0.2) is 53.5 Å². The van der Waals surface area contributed by atoms with Gasteiger partial charge in [0.2, 0.25) is 0 Å². The van der Waals surface area contributed by atoms with Gasteiger partial charge in [0.15, 0.2) is 5.43 Å². The summed E-state index contributed by atoms with van der Waals surface area (Å²) in [6.07, 6.45) is -2.45. The van der Waals surface area contributed by atoms with E-state index >= 15 is 0 Å². The number of para-hydroxylation sites is 1. The standard InChI is InChI=1S/C24H22F3N5O4/c1-34-16-10-15(11-17(12-16)36-24(25,26)27)32-14-20(29-30-32)18-4-2-5-19-21(33)13-22(28-23(18)19)31-6-3-8-35-9-7-31/h2,4-5,10-14H,3,6-9H2,1H3,(H,28,33). The number of aromatic amines is 1. The highest BCUT2D eigenvalue weighted by Gasteiger charge is 2.31. The van der Waals surface area contributed by atoms with E-state index in [1.165, 1.54) is 23.9 Å². The van der Waals surface area contributed by atoms with Gasteiger partial charge in [-0.3, -0.25) is 4.79 Å². The predicted octanol–water partition coefficient (Wildman–Crippen LogP) is 3.91. The fourth-order valence-electron chi connectivity index (χ4n) is 4.14. The molecule has 0 unspecified atom stereocenters. The van der Waals surface area contributed by atoms with Crippen LogP contribution in [0.2, 0.25) is 0 Å². The molecule has 0 amide bonds. The lowest BCUT2D eigenvalue weighted by atomic mass is 10.1. The maximum Gasteiger partial charge on any atom is 0.573 e. The van der Waals surface area contributed by atoms with E-state index in [0.29, 0.717) is 47.7 Å². The second-order valence-corrected chi connectivity index (χ2v) is 8.16. The SMILES string of the molecule is COc1cc(OC(F)(F)F)cc(-n2cc(-c3cccc4c(=O)cc(N5CCCOCC5)[nH]c34)nn2)c1. The Bertz CT molecular complexity index is 1440. The Balaban J connectivity index is 1.55. The highest BCUT2D eigenvalue weighted by atomic mass is 19.4. The van der Waals surface area contributed by atoms with Crippen LogP contribution < -0.4 is 19.8 Å². The van der Waals surface area contributed by atoms with Gasteiger partial charge in [-0.2, -0.15) is 0 Å². The van der Waals surface area contributed by atoms with E-state index in [0.717, 1.165) is 19.0 Å². The zero-order valence-corrected chi connectivity index (χ0v) is 19.2. The molecule has 12 heteroatoms. The van der Waals surface area contributed by atoms with E-state index in [4.69, 9.17) is 9.47 Å². The second-order valence-electron chi connectivity index (χ2n) is 8.16. The summed E-state index contributed by atoms with van der Waals surface area (Å²) in [5.74, 6) is 0.387. The van der Waals surface area contributed by atoms with E-state index < -0.39 is 12.1 Å². The van der Waals surface area contributed by atoms with Crippen molar-refractivity contribution in [3.05, 3.63) is 58.9 Å². The van der Waals surface area contributed by atoms with Crippen LogP contribution in [0, 0.1) is 0 Å². The summed E-state index contributed by atoms with van der Waals surface area (Å²) in [6, 6.07) is 10.6. The van der Waals surface area contributed by atoms with Crippen LogP contribution in [0.3, 0.4) is 0 Å². The number of H-pyrrole nitrogens is 1. The van der Waals surface area contributed by atoms with Crippen LogP contribution in [0.1, 0.15) is 6.42 Å². The molecule has 1 fully saturated rings. The Hall–Kier alpha value is -4.06. The van der Waals surface area contributed by atoms with Gasteiger partial charge in [-0.05, 0) is 12.5 Å². The van der Waals surface area contributed by atoms with Gasteiger partial charge in [-0.25, -0.2) is 4.68 Å². The van der Waals surface area contributed by atoms with Crippen molar-refractivity contribution in [2.24, 2.45) is 0 Å². The van der Waals surface area contributed by atoms with Gasteiger partial charge in [0, 0.05) is 54.9 Å². The second kappa shape index (κ2) is 9.53. The number of alkyl halides is 3. The topological polar surface area (TPSA) is 94.5 Å². The molecule has 0 aliphatic carbocycles. The zero-order chi connectivity index (χ0) is 25.3. The largest absolute Gasteiger partial charge is 0.573 e. The lowest BCUT2D eigenvalue weighted by Crippen LogP contribution is -2.28. The number of nitrogens with one attached hydrogen (secondary N) is 1. The quantitative estimate of drug-likeness (QED) is 0.443. The van der Waals surface area contributed by atoms with Gasteiger partial charge >= 0.3 is 6.36 Å². The van der Waals surface area contributed by atoms with Gasteiger partial charge in [0.25, 0.3) is 0 Å². The van der Waals surface area contributed by atoms with Crippen molar-refractivity contribution in [3.63, 3.8) is 0 Å². The molecule has 1 N–H and O–H groups in total. The van der Waals surface area contributed by atoms with Crippen molar-refractivity contribution >= 4 is 16.7 Å². The lowest BCUT2D eigenvalue weighted by Gasteiger charge is -2.22. The molecule has 0 saturated carbocycles. The van der Waals surface area contributed by atoms with Gasteiger partial charge in [-0.1, -0.05) is 17.3 Å². The average molecular weight is 501 g/mol. The molecule has 188 valence electrons. The number of ether oxygens (including phenoxy) is 3. The van der Waals surface area contributed by atoms with Crippen molar-refractivity contribution in [3.8, 4) is 28.4 Å². The van der Waals surface area contributed by atoms with Crippen molar-refractivity contribution in [2.45, 2.75) is 12.8 Å². The van der Waals surface area contributed by atoms with Gasteiger partial charge in [0.1, 0.15) is 23.0 Å². The number of anilines is 1. The Labute approximate surface area is 203 Å². The van der Waals surface area contributed by atoms with Crippen LogP contribution in [-0.4, -0.2) is 59.8 Å². The van der Waals surface area contributed by atoms with Gasteiger partial charge in [0.05, 0.1) is 31.1 Å². The number of halogens is 3. The zero-order valence-electron chi connectivity index (χ0n) is 19.2. The molecule has 9 nitrogen and oxygen atoms in total. The minimum Gasteiger partial charge on any atom is -0.497 e. The summed E-state index contributed by atoms with van der Waals surface area (Å²) < 4.78 is 54.3. The van der Waals surface area contributed by atoms with Gasteiger partial charge in [-0.15, -0.1) is 18.3 Å². The molecule has 1 aliphatic heterocycles. The summed E-state index contributed by atoms with van der Waals surface area (Å²) in [5.41, 5.74) is 1.75. The third kappa shape index (κ3) is 4.98. The Morgan fingerprint density at radius 2 is 1.92 bits per heavy atom. The molecule has 0 radical (unpaired) electrons. The average Bonchev–Trinajstić information content (AvgIpc) is 3.17. The normalized spacial score (nSPS) is 14.6. The first kappa shape index (κ1) is 23.7. The molecular formula is C24H22F3N5O4. The summed E-state index contributed by atoms with van der Waals surface area (Å²) in [7, 11) is 1.34. The maximum atomic E-state index is 12.9. The third-order valence-electron chi connectivity index (χ3n) is 5.78. The van der Waals surface area contributed by atoms with Crippen molar-refractivity contribution in [2.75, 3.05) is 38.3 Å². The van der Waals surface area contributed by atoms with E-state index in [1.54, 1.807) is 30.5 Å². The third-order valence-corrected chi connectivity index (χ3v) is 5.78. The fourth-order valence-corrected chi connectivity index (χ4v) is 4.14. The van der Waals surface area contributed by atoms with E-state index in [9.17, 15) is 18.0 Å². The number of methoxy groups -OCH3 is 1. The number of aromatic nitrogens is 4. The van der Waals surface area contributed by atoms with Crippen LogP contribution in [0.25, 0.3) is 27.8 Å². The molecular weight excluding hydrogens is 479 g/mol. The smallest absolute Gasteiger partial charge is 0.497 e. The van der Waals surface area contributed by atoms with Crippen LogP contribution in [-0.2, 0) is 4.74 Å². The molecule has 36 heavy (non-hydrogen) atoms. The Morgan fingerprint density at radius 3 is 2.72 bits per heavy atom. The van der Waals surface area contributed by atoms with Crippen molar-refractivity contribution < 1.29 is 27.4 Å². The summed E-state index contributed by atoms with van der Waals surface area (Å²) >= 11 is 0. The first-order chi connectivity index (χ1) is 17.3. The highest BCUT2D eigenvalue weighted by molar-refractivity contribution is 5.93. The molecule has 1 saturated heterocycles. The van der Waals surface area contributed by atoms with Crippen LogP contribution >= 0.6 is 0 Å². The lowest BCUT2D eigenvalue weighted by molar-refractivity contribution is -0.274. The van der Waals surface area contributed by atoms with E-state index in [-0.39, 0.29) is 16.9 Å². The number of rotatable bonds is 5. The summed E-state index contributed by atoms with van der Waals surface area (Å²) in [5, 5.41) is 8.78. The molecule has 4 aromatic rings. The van der Waals surface area contributed by atoms with Crippen molar-refractivity contribution in [1.82, 2.24) is 20.0 Å². The number of hydrogen-bond donors (Lipinski definition) is 1. The molecule has 0 atom stereocenters. The molecule has 3 heterocycles. The number of benzene rings is 2. The van der Waals surface area contributed by atoms with Crippen molar-refractivity contribution in [1.29, 1.82) is 0 Å². The number of pyridine rings is 1. The monoisotopic (exact) mass is 501 g/mol. The number of hydrogen-bond acceptors (Lipinski definition) is 7. The highest BCUT2D eigenvalue weighted by Crippen LogP contribution is 2.31. The molecule has 0 bridgehead atoms. The molecule has 5 rings (SSSR count). The van der Waals surface area contributed by atoms with Gasteiger partial charge < -0.3 is 24.1 Å². The molecule has 2 aromatic carbocycles. The molecule has 1 aliphatic rings. The first-order valence-corrected chi connectivity index (χ1v) is 11.2. The maximum absolute atomic E-state index is 12.9. The fraction of sp³-hybridized carbons (Fsp3) is 0.292. The Kier molecular flexibility index (Phi) is 6.27. The minimum absolute atomic E-state index is 0.139. The minimum atomic E-state index is -4.86. The number of fused-ring (bicyclic) bond motifs is 1. The summed E-state index contributed by atoms with van der Waals surface area (Å²) in [4.78, 5) is 18.4. The predicted molar refractivity (Wildman–Crippen MR) is 126 cm³/mol. The molecule has 0 spiro atoms. The van der Waals surface area contributed by atoms with E-state index in [2.05, 4.69) is 24.9 Å². The Morgan fingerprint density at radius 1 is 1.08 bits per heavy atom. The summed E-state index contributed by atoms with van der Waals surface area (Å²) in [6.45, 7) is 2.63. The number of nitrogens with zero attached hydrogens (tertiary/aromatic N) is 4. The van der Waals surface area contributed by atoms with Crippen LogP contribution in [0.4, 0.5) is 19.0 Å². The molecule has 2 aromatic heterocycles. The van der Waals surface area contributed by atoms with E-state index in [1.807, 2.05) is 0 Å².